The third-order valence-corrected chi connectivity index (χ3v) is 4.48. The minimum Gasteiger partial charge on any atom is -0.307 e. The quantitative estimate of drug-likeness (QED) is 0.802. The first-order valence-electron chi connectivity index (χ1n) is 7.72. The fourth-order valence-corrected chi connectivity index (χ4v) is 3.26. The molecule has 0 bridgehead atoms. The molecule has 1 saturated carbocycles. The van der Waals surface area contributed by atoms with E-state index in [1.165, 1.54) is 38.2 Å². The summed E-state index contributed by atoms with van der Waals surface area (Å²) in [5, 5.41) is 3.71. The number of benzene rings is 1. The van der Waals surface area contributed by atoms with Crippen molar-refractivity contribution in [2.45, 2.75) is 64.5 Å². The molecule has 0 saturated heterocycles. The summed E-state index contributed by atoms with van der Waals surface area (Å²) in [6.07, 6.45) is 7.81. The first-order chi connectivity index (χ1) is 9.20. The molecule has 0 aromatic heterocycles. The third-order valence-electron chi connectivity index (χ3n) is 4.48. The molecule has 1 aromatic rings. The molecule has 1 fully saturated rings. The van der Waals surface area contributed by atoms with Crippen LogP contribution in [0.15, 0.2) is 24.3 Å². The van der Waals surface area contributed by atoms with Gasteiger partial charge in [0, 0.05) is 12.1 Å². The molecule has 1 aliphatic rings. The SMILES string of the molecule is CCC(N[C@H](C)C1CCCCC1)c1cccc(F)c1. The summed E-state index contributed by atoms with van der Waals surface area (Å²) in [7, 11) is 0. The van der Waals surface area contributed by atoms with Crippen LogP contribution >= 0.6 is 0 Å². The van der Waals surface area contributed by atoms with E-state index in [9.17, 15) is 4.39 Å². The third kappa shape index (κ3) is 4.04. The van der Waals surface area contributed by atoms with Gasteiger partial charge in [-0.25, -0.2) is 4.39 Å². The van der Waals surface area contributed by atoms with Crippen molar-refractivity contribution in [3.05, 3.63) is 35.6 Å². The van der Waals surface area contributed by atoms with Crippen molar-refractivity contribution in [3.63, 3.8) is 0 Å². The van der Waals surface area contributed by atoms with E-state index >= 15 is 0 Å². The molecule has 0 heterocycles. The van der Waals surface area contributed by atoms with Gasteiger partial charge in [-0.1, -0.05) is 38.3 Å². The van der Waals surface area contributed by atoms with E-state index in [0.717, 1.165) is 17.9 Å². The molecule has 2 rings (SSSR count). The summed E-state index contributed by atoms with van der Waals surface area (Å²) in [4.78, 5) is 0. The number of hydrogen-bond acceptors (Lipinski definition) is 1. The van der Waals surface area contributed by atoms with Crippen molar-refractivity contribution in [2.75, 3.05) is 0 Å². The maximum atomic E-state index is 13.3. The molecule has 0 amide bonds. The second-order valence-corrected chi connectivity index (χ2v) is 5.87. The molecule has 1 aliphatic carbocycles. The van der Waals surface area contributed by atoms with Crippen molar-refractivity contribution < 1.29 is 4.39 Å². The minimum absolute atomic E-state index is 0.136. The maximum absolute atomic E-state index is 13.3. The van der Waals surface area contributed by atoms with Crippen molar-refractivity contribution in [2.24, 2.45) is 5.92 Å². The molecule has 0 aliphatic heterocycles. The Hall–Kier alpha value is -0.890. The van der Waals surface area contributed by atoms with E-state index < -0.39 is 0 Å². The summed E-state index contributed by atoms with van der Waals surface area (Å²) >= 11 is 0. The largest absolute Gasteiger partial charge is 0.307 e. The van der Waals surface area contributed by atoms with Gasteiger partial charge in [0.05, 0.1) is 0 Å². The van der Waals surface area contributed by atoms with Crippen molar-refractivity contribution in [1.29, 1.82) is 0 Å². The smallest absolute Gasteiger partial charge is 0.123 e. The summed E-state index contributed by atoms with van der Waals surface area (Å²) in [5.41, 5.74) is 1.07. The van der Waals surface area contributed by atoms with Gasteiger partial charge in [-0.05, 0) is 49.8 Å². The summed E-state index contributed by atoms with van der Waals surface area (Å²) in [6, 6.07) is 7.80. The minimum atomic E-state index is -0.136. The highest BCUT2D eigenvalue weighted by Crippen LogP contribution is 2.28. The molecule has 19 heavy (non-hydrogen) atoms. The van der Waals surface area contributed by atoms with E-state index in [0.29, 0.717) is 6.04 Å². The Kier molecular flexibility index (Phi) is 5.38. The van der Waals surface area contributed by atoms with E-state index in [1.807, 2.05) is 6.07 Å². The van der Waals surface area contributed by atoms with Gasteiger partial charge in [0.1, 0.15) is 5.82 Å². The second kappa shape index (κ2) is 7.04. The highest BCUT2D eigenvalue weighted by atomic mass is 19.1. The Balaban J connectivity index is 1.98. The lowest BCUT2D eigenvalue weighted by Crippen LogP contribution is -2.37. The van der Waals surface area contributed by atoms with Gasteiger partial charge in [0.2, 0.25) is 0 Å². The highest BCUT2D eigenvalue weighted by Gasteiger charge is 2.22. The Morgan fingerprint density at radius 1 is 1.26 bits per heavy atom. The molecular weight excluding hydrogens is 237 g/mol. The summed E-state index contributed by atoms with van der Waals surface area (Å²) in [5.74, 6) is 0.652. The normalized spacial score (nSPS) is 20.2. The van der Waals surface area contributed by atoms with Crippen LogP contribution in [0, 0.1) is 11.7 Å². The number of rotatable bonds is 5. The fraction of sp³-hybridized carbons (Fsp3) is 0.647. The van der Waals surface area contributed by atoms with Crippen LogP contribution in [0.3, 0.4) is 0 Å². The van der Waals surface area contributed by atoms with Gasteiger partial charge in [0.25, 0.3) is 0 Å². The molecule has 1 N–H and O–H groups in total. The van der Waals surface area contributed by atoms with Gasteiger partial charge >= 0.3 is 0 Å². The zero-order chi connectivity index (χ0) is 13.7. The van der Waals surface area contributed by atoms with Crippen LogP contribution in [0.2, 0.25) is 0 Å². The first kappa shape index (κ1) is 14.5. The molecule has 106 valence electrons. The molecule has 2 atom stereocenters. The van der Waals surface area contributed by atoms with Crippen LogP contribution in [0.4, 0.5) is 4.39 Å². The van der Waals surface area contributed by atoms with Crippen molar-refractivity contribution in [3.8, 4) is 0 Å². The predicted octanol–water partition coefficient (Wildman–Crippen LogP) is 4.84. The summed E-state index contributed by atoms with van der Waals surface area (Å²) < 4.78 is 13.3. The van der Waals surface area contributed by atoms with Gasteiger partial charge in [-0.3, -0.25) is 0 Å². The molecule has 1 nitrogen and oxygen atoms in total. The number of nitrogens with one attached hydrogen (secondary N) is 1. The van der Waals surface area contributed by atoms with Crippen LogP contribution in [-0.4, -0.2) is 6.04 Å². The first-order valence-corrected chi connectivity index (χ1v) is 7.72. The van der Waals surface area contributed by atoms with Crippen LogP contribution in [-0.2, 0) is 0 Å². The Morgan fingerprint density at radius 2 is 2.00 bits per heavy atom. The van der Waals surface area contributed by atoms with E-state index in [-0.39, 0.29) is 11.9 Å². The lowest BCUT2D eigenvalue weighted by atomic mass is 9.84. The molecular formula is C17H26FN. The molecule has 0 spiro atoms. The van der Waals surface area contributed by atoms with Crippen molar-refractivity contribution >= 4 is 0 Å². The fourth-order valence-electron chi connectivity index (χ4n) is 3.26. The van der Waals surface area contributed by atoms with Gasteiger partial charge < -0.3 is 5.32 Å². The van der Waals surface area contributed by atoms with Gasteiger partial charge in [-0.15, -0.1) is 0 Å². The molecule has 1 aromatic carbocycles. The van der Waals surface area contributed by atoms with Gasteiger partial charge in [-0.2, -0.15) is 0 Å². The molecule has 0 radical (unpaired) electrons. The second-order valence-electron chi connectivity index (χ2n) is 5.87. The van der Waals surface area contributed by atoms with E-state index in [1.54, 1.807) is 12.1 Å². The zero-order valence-corrected chi connectivity index (χ0v) is 12.2. The van der Waals surface area contributed by atoms with Gasteiger partial charge in [0.15, 0.2) is 0 Å². The van der Waals surface area contributed by atoms with E-state index in [2.05, 4.69) is 19.2 Å². The predicted molar refractivity (Wildman–Crippen MR) is 78.6 cm³/mol. The number of halogens is 1. The number of hydrogen-bond donors (Lipinski definition) is 1. The lowest BCUT2D eigenvalue weighted by molar-refractivity contribution is 0.262. The van der Waals surface area contributed by atoms with Crippen LogP contribution in [0.5, 0.6) is 0 Å². The average molecular weight is 263 g/mol. The monoisotopic (exact) mass is 263 g/mol. The lowest BCUT2D eigenvalue weighted by Gasteiger charge is -2.31. The van der Waals surface area contributed by atoms with Crippen LogP contribution < -0.4 is 5.32 Å². The summed E-state index contributed by atoms with van der Waals surface area (Å²) in [6.45, 7) is 4.45. The Morgan fingerprint density at radius 3 is 2.63 bits per heavy atom. The van der Waals surface area contributed by atoms with Crippen LogP contribution in [0.25, 0.3) is 0 Å². The van der Waals surface area contributed by atoms with Crippen molar-refractivity contribution in [1.82, 2.24) is 5.32 Å². The Bertz CT molecular complexity index is 385. The Labute approximate surface area is 116 Å². The standard InChI is InChI=1S/C17H26FN/c1-3-17(15-10-7-11-16(18)12-15)19-13(2)14-8-5-4-6-9-14/h7,10-14,17,19H,3-6,8-9H2,1-2H3/t13-,17?/m1/s1. The topological polar surface area (TPSA) is 12.0 Å². The van der Waals surface area contributed by atoms with E-state index in [4.69, 9.17) is 0 Å². The average Bonchev–Trinajstić information content (AvgIpc) is 2.45. The zero-order valence-electron chi connectivity index (χ0n) is 12.2. The molecule has 2 heteroatoms. The maximum Gasteiger partial charge on any atom is 0.123 e. The molecule has 1 unspecified atom stereocenters. The highest BCUT2D eigenvalue weighted by molar-refractivity contribution is 5.20. The van der Waals surface area contributed by atoms with Crippen LogP contribution in [0.1, 0.15) is 64.0 Å².